The standard InChI is InChI=1S/C15H18N4O2/c1-18(10-11-3-2-7-17-11)14-4-5-15(19(20)21)13-9-16-8-6-12(13)14/h4-6,8-9,11,17H,2-3,7,10H2,1H3. The highest BCUT2D eigenvalue weighted by Gasteiger charge is 2.19. The van der Waals surface area contributed by atoms with Crippen molar-refractivity contribution in [3.05, 3.63) is 40.7 Å². The smallest absolute Gasteiger partial charge is 0.278 e. The first-order valence-corrected chi connectivity index (χ1v) is 7.12. The van der Waals surface area contributed by atoms with Crippen molar-refractivity contribution in [3.8, 4) is 0 Å². The predicted molar refractivity (Wildman–Crippen MR) is 82.7 cm³/mol. The molecule has 2 aromatic rings. The van der Waals surface area contributed by atoms with Crippen molar-refractivity contribution in [2.45, 2.75) is 18.9 Å². The van der Waals surface area contributed by atoms with Gasteiger partial charge in [0.15, 0.2) is 0 Å². The van der Waals surface area contributed by atoms with Crippen LogP contribution in [0.15, 0.2) is 30.6 Å². The Morgan fingerprint density at radius 3 is 3.00 bits per heavy atom. The maximum absolute atomic E-state index is 11.1. The summed E-state index contributed by atoms with van der Waals surface area (Å²) in [6.07, 6.45) is 5.64. The molecule has 1 unspecified atom stereocenters. The molecule has 1 fully saturated rings. The van der Waals surface area contributed by atoms with Gasteiger partial charge < -0.3 is 10.2 Å². The first kappa shape index (κ1) is 13.8. The Morgan fingerprint density at radius 1 is 1.43 bits per heavy atom. The summed E-state index contributed by atoms with van der Waals surface area (Å²) in [4.78, 5) is 17.0. The largest absolute Gasteiger partial charge is 0.373 e. The minimum atomic E-state index is -0.355. The number of aromatic nitrogens is 1. The van der Waals surface area contributed by atoms with E-state index < -0.39 is 0 Å². The minimum Gasteiger partial charge on any atom is -0.373 e. The number of benzene rings is 1. The average Bonchev–Trinajstić information content (AvgIpc) is 2.98. The van der Waals surface area contributed by atoms with Crippen LogP contribution >= 0.6 is 0 Å². The Labute approximate surface area is 122 Å². The minimum absolute atomic E-state index is 0.106. The molecule has 1 N–H and O–H groups in total. The van der Waals surface area contributed by atoms with Crippen molar-refractivity contribution in [1.82, 2.24) is 10.3 Å². The maximum Gasteiger partial charge on any atom is 0.278 e. The van der Waals surface area contributed by atoms with Gasteiger partial charge in [0.05, 0.1) is 10.3 Å². The van der Waals surface area contributed by atoms with Crippen molar-refractivity contribution < 1.29 is 4.92 Å². The fraction of sp³-hybridized carbons (Fsp3) is 0.400. The van der Waals surface area contributed by atoms with Crippen LogP contribution in [0.1, 0.15) is 12.8 Å². The molecule has 1 aromatic carbocycles. The summed E-state index contributed by atoms with van der Waals surface area (Å²) in [7, 11) is 2.03. The fourth-order valence-corrected chi connectivity index (χ4v) is 2.99. The van der Waals surface area contributed by atoms with Crippen LogP contribution < -0.4 is 10.2 Å². The lowest BCUT2D eigenvalue weighted by atomic mass is 10.1. The molecule has 0 bridgehead atoms. The summed E-state index contributed by atoms with van der Waals surface area (Å²) in [5.41, 5.74) is 1.11. The second kappa shape index (κ2) is 5.65. The highest BCUT2D eigenvalue weighted by atomic mass is 16.6. The molecule has 21 heavy (non-hydrogen) atoms. The fourth-order valence-electron chi connectivity index (χ4n) is 2.99. The van der Waals surface area contributed by atoms with E-state index in [1.165, 1.54) is 12.8 Å². The Hall–Kier alpha value is -2.21. The Bertz CT molecular complexity index is 668. The Morgan fingerprint density at radius 2 is 2.29 bits per heavy atom. The monoisotopic (exact) mass is 286 g/mol. The van der Waals surface area contributed by atoms with E-state index in [2.05, 4.69) is 15.2 Å². The topological polar surface area (TPSA) is 71.3 Å². The summed E-state index contributed by atoms with van der Waals surface area (Å²) in [5.74, 6) is 0. The Balaban J connectivity index is 1.98. The van der Waals surface area contributed by atoms with Crippen LogP contribution in [0.2, 0.25) is 0 Å². The van der Waals surface area contributed by atoms with Crippen LogP contribution in [0, 0.1) is 10.1 Å². The van der Waals surface area contributed by atoms with Gasteiger partial charge in [-0.15, -0.1) is 0 Å². The second-order valence-electron chi connectivity index (χ2n) is 5.46. The van der Waals surface area contributed by atoms with Crippen LogP contribution in [0.5, 0.6) is 0 Å². The number of fused-ring (bicyclic) bond motifs is 1. The lowest BCUT2D eigenvalue weighted by Gasteiger charge is -2.24. The van der Waals surface area contributed by atoms with E-state index >= 15 is 0 Å². The van der Waals surface area contributed by atoms with Gasteiger partial charge in [-0.25, -0.2) is 0 Å². The molecule has 0 amide bonds. The third-order valence-electron chi connectivity index (χ3n) is 4.04. The van der Waals surface area contributed by atoms with E-state index in [0.717, 1.165) is 24.2 Å². The SMILES string of the molecule is CN(CC1CCCN1)c1ccc([N+](=O)[O-])c2cnccc12. The van der Waals surface area contributed by atoms with Gasteiger partial charge in [0.1, 0.15) is 0 Å². The predicted octanol–water partition coefficient (Wildman–Crippen LogP) is 2.33. The third-order valence-corrected chi connectivity index (χ3v) is 4.04. The number of anilines is 1. The van der Waals surface area contributed by atoms with Crippen LogP contribution in [0.3, 0.4) is 0 Å². The normalized spacial score (nSPS) is 18.0. The van der Waals surface area contributed by atoms with Crippen molar-refractivity contribution in [3.63, 3.8) is 0 Å². The zero-order valence-electron chi connectivity index (χ0n) is 12.0. The van der Waals surface area contributed by atoms with E-state index in [1.807, 2.05) is 19.2 Å². The molecule has 6 nitrogen and oxygen atoms in total. The van der Waals surface area contributed by atoms with Gasteiger partial charge in [-0.05, 0) is 31.5 Å². The molecular formula is C15H18N4O2. The molecule has 3 rings (SSSR count). The van der Waals surface area contributed by atoms with Gasteiger partial charge in [-0.1, -0.05) is 0 Å². The number of pyridine rings is 1. The molecule has 6 heteroatoms. The van der Waals surface area contributed by atoms with Crippen molar-refractivity contribution in [2.75, 3.05) is 25.0 Å². The van der Waals surface area contributed by atoms with Crippen molar-refractivity contribution in [1.29, 1.82) is 0 Å². The number of hydrogen-bond donors (Lipinski definition) is 1. The molecule has 110 valence electrons. The molecule has 0 aliphatic carbocycles. The lowest BCUT2D eigenvalue weighted by Crippen LogP contribution is -2.35. The number of hydrogen-bond acceptors (Lipinski definition) is 5. The number of nitrogens with zero attached hydrogens (tertiary/aromatic N) is 3. The molecule has 1 aliphatic heterocycles. The van der Waals surface area contributed by atoms with E-state index in [-0.39, 0.29) is 10.6 Å². The highest BCUT2D eigenvalue weighted by Crippen LogP contribution is 2.32. The van der Waals surface area contributed by atoms with Crippen molar-refractivity contribution >= 4 is 22.1 Å². The van der Waals surface area contributed by atoms with Crippen LogP contribution in [-0.4, -0.2) is 36.1 Å². The highest BCUT2D eigenvalue weighted by molar-refractivity contribution is 5.99. The zero-order chi connectivity index (χ0) is 14.8. The van der Waals surface area contributed by atoms with Gasteiger partial charge in [-0.2, -0.15) is 0 Å². The van der Waals surface area contributed by atoms with Gasteiger partial charge in [0, 0.05) is 49.2 Å². The molecule has 1 atom stereocenters. The summed E-state index contributed by atoms with van der Waals surface area (Å²) in [6.45, 7) is 1.97. The first-order chi connectivity index (χ1) is 10.2. The number of rotatable bonds is 4. The summed E-state index contributed by atoms with van der Waals surface area (Å²) in [5, 5.41) is 16.1. The molecule has 1 aliphatic rings. The molecule has 0 radical (unpaired) electrons. The van der Waals surface area contributed by atoms with Crippen LogP contribution in [-0.2, 0) is 0 Å². The number of nitrogens with one attached hydrogen (secondary N) is 1. The number of non-ortho nitro benzene ring substituents is 1. The summed E-state index contributed by atoms with van der Waals surface area (Å²) in [6, 6.07) is 5.73. The number of nitro groups is 1. The first-order valence-electron chi connectivity index (χ1n) is 7.12. The van der Waals surface area contributed by atoms with Gasteiger partial charge in [-0.3, -0.25) is 15.1 Å². The Kier molecular flexibility index (Phi) is 3.70. The molecule has 0 spiro atoms. The van der Waals surface area contributed by atoms with E-state index in [1.54, 1.807) is 18.5 Å². The van der Waals surface area contributed by atoms with E-state index in [4.69, 9.17) is 0 Å². The summed E-state index contributed by atoms with van der Waals surface area (Å²) < 4.78 is 0. The average molecular weight is 286 g/mol. The third kappa shape index (κ3) is 2.67. The molecule has 2 heterocycles. The quantitative estimate of drug-likeness (QED) is 0.690. The summed E-state index contributed by atoms with van der Waals surface area (Å²) >= 11 is 0. The van der Waals surface area contributed by atoms with Gasteiger partial charge in [0.2, 0.25) is 0 Å². The van der Waals surface area contributed by atoms with Crippen molar-refractivity contribution in [2.24, 2.45) is 0 Å². The molecule has 0 saturated carbocycles. The molecule has 1 aromatic heterocycles. The van der Waals surface area contributed by atoms with Crippen LogP contribution in [0.25, 0.3) is 10.8 Å². The lowest BCUT2D eigenvalue weighted by molar-refractivity contribution is -0.383. The van der Waals surface area contributed by atoms with Gasteiger partial charge >= 0.3 is 0 Å². The van der Waals surface area contributed by atoms with Crippen LogP contribution in [0.4, 0.5) is 11.4 Å². The molecule has 1 saturated heterocycles. The van der Waals surface area contributed by atoms with E-state index in [0.29, 0.717) is 11.4 Å². The maximum atomic E-state index is 11.1. The second-order valence-corrected chi connectivity index (χ2v) is 5.46. The number of nitro benzene ring substituents is 1. The van der Waals surface area contributed by atoms with Gasteiger partial charge in [0.25, 0.3) is 5.69 Å². The molecular weight excluding hydrogens is 268 g/mol. The zero-order valence-corrected chi connectivity index (χ0v) is 12.0. The van der Waals surface area contributed by atoms with E-state index in [9.17, 15) is 10.1 Å². The number of likely N-dealkylation sites (N-methyl/N-ethyl adjacent to an activating group) is 1.